The summed E-state index contributed by atoms with van der Waals surface area (Å²) in [7, 11) is 0. The predicted molar refractivity (Wildman–Crippen MR) is 82.2 cm³/mol. The Morgan fingerprint density at radius 2 is 1.88 bits per heavy atom. The van der Waals surface area contributed by atoms with Crippen molar-refractivity contribution in [3.63, 3.8) is 0 Å². The molecule has 1 heterocycles. The zero-order valence-corrected chi connectivity index (χ0v) is 14.0. The van der Waals surface area contributed by atoms with Gasteiger partial charge in [0, 0.05) is 0 Å². The quantitative estimate of drug-likeness (QED) is 0.179. The summed E-state index contributed by atoms with van der Waals surface area (Å²) < 4.78 is 33.2. The standard InChI is InChI=1S/C14H26F2N2O8/c15-13(16,6-18-4-2-1-3-7(17)12(23)24)14(25)11(22)10(21)9(20)8(5-19)26-14/h7-11,18-22,25H,1-6,17H2,(H,23,24)/t7-,8+,9-,10-,11+,14+/m0/s1. The van der Waals surface area contributed by atoms with Crippen LogP contribution in [0.5, 0.6) is 0 Å². The Balaban J connectivity index is 2.56. The molecule has 154 valence electrons. The number of alkyl halides is 2. The lowest BCUT2D eigenvalue weighted by molar-refractivity contribution is -0.409. The van der Waals surface area contributed by atoms with Crippen molar-refractivity contribution in [2.75, 3.05) is 19.7 Å². The number of aliphatic hydroxyl groups is 5. The van der Waals surface area contributed by atoms with E-state index < -0.39 is 61.3 Å². The van der Waals surface area contributed by atoms with Gasteiger partial charge in [0.2, 0.25) is 0 Å². The zero-order chi connectivity index (χ0) is 20.1. The van der Waals surface area contributed by atoms with Crippen LogP contribution in [0.3, 0.4) is 0 Å². The fourth-order valence-corrected chi connectivity index (χ4v) is 2.57. The second kappa shape index (κ2) is 9.28. The minimum absolute atomic E-state index is 0.0444. The second-order valence-electron chi connectivity index (χ2n) is 6.28. The van der Waals surface area contributed by atoms with Crippen molar-refractivity contribution in [2.45, 2.75) is 61.4 Å². The Bertz CT molecular complexity index is 470. The fraction of sp³-hybridized carbons (Fsp3) is 0.929. The molecule has 26 heavy (non-hydrogen) atoms. The first-order valence-electron chi connectivity index (χ1n) is 8.10. The molecule has 0 unspecified atom stereocenters. The van der Waals surface area contributed by atoms with E-state index in [0.29, 0.717) is 12.8 Å². The van der Waals surface area contributed by atoms with Gasteiger partial charge in [0.1, 0.15) is 30.5 Å². The largest absolute Gasteiger partial charge is 0.480 e. The number of carboxylic acids is 1. The van der Waals surface area contributed by atoms with Gasteiger partial charge in [-0.15, -0.1) is 0 Å². The average Bonchev–Trinajstić information content (AvgIpc) is 2.58. The summed E-state index contributed by atoms with van der Waals surface area (Å²) in [6, 6.07) is -1.04. The normalized spacial score (nSPS) is 33.8. The number of ether oxygens (including phenoxy) is 1. The summed E-state index contributed by atoms with van der Waals surface area (Å²) in [5, 5.41) is 58.9. The topological polar surface area (TPSA) is 186 Å². The Hall–Kier alpha value is -0.990. The van der Waals surface area contributed by atoms with E-state index >= 15 is 0 Å². The summed E-state index contributed by atoms with van der Waals surface area (Å²) >= 11 is 0. The lowest BCUT2D eigenvalue weighted by atomic mass is 9.88. The molecule has 6 atom stereocenters. The number of aliphatic hydroxyl groups excluding tert-OH is 4. The van der Waals surface area contributed by atoms with Crippen LogP contribution >= 0.6 is 0 Å². The van der Waals surface area contributed by atoms with Crippen LogP contribution in [0.2, 0.25) is 0 Å². The van der Waals surface area contributed by atoms with Crippen molar-refractivity contribution in [3.05, 3.63) is 0 Å². The van der Waals surface area contributed by atoms with Crippen molar-refractivity contribution >= 4 is 5.97 Å². The van der Waals surface area contributed by atoms with Crippen molar-refractivity contribution in [2.24, 2.45) is 5.73 Å². The molecule has 9 N–H and O–H groups in total. The summed E-state index contributed by atoms with van der Waals surface area (Å²) in [4.78, 5) is 10.5. The van der Waals surface area contributed by atoms with Crippen LogP contribution in [0.25, 0.3) is 0 Å². The first-order valence-corrected chi connectivity index (χ1v) is 8.10. The van der Waals surface area contributed by atoms with E-state index in [1.54, 1.807) is 0 Å². The molecule has 1 saturated heterocycles. The minimum atomic E-state index is -4.07. The highest BCUT2D eigenvalue weighted by atomic mass is 19.3. The zero-order valence-electron chi connectivity index (χ0n) is 14.0. The number of carbonyl (C=O) groups is 1. The Morgan fingerprint density at radius 3 is 2.42 bits per heavy atom. The number of nitrogens with one attached hydrogen (secondary N) is 1. The number of aliphatic carboxylic acids is 1. The van der Waals surface area contributed by atoms with Crippen LogP contribution in [0, 0.1) is 0 Å². The van der Waals surface area contributed by atoms with E-state index in [9.17, 15) is 34.0 Å². The maximum Gasteiger partial charge on any atom is 0.320 e. The highest BCUT2D eigenvalue weighted by Crippen LogP contribution is 2.39. The Labute approximate surface area is 148 Å². The van der Waals surface area contributed by atoms with Gasteiger partial charge in [-0.2, -0.15) is 8.78 Å². The smallest absolute Gasteiger partial charge is 0.320 e. The first kappa shape index (κ1) is 23.0. The van der Waals surface area contributed by atoms with Crippen molar-refractivity contribution < 1.29 is 49.0 Å². The number of rotatable bonds is 10. The molecule has 1 aliphatic rings. The number of hydrogen-bond donors (Lipinski definition) is 8. The molecule has 0 radical (unpaired) electrons. The van der Waals surface area contributed by atoms with E-state index in [4.69, 9.17) is 15.9 Å². The molecule has 0 aromatic rings. The summed E-state index contributed by atoms with van der Waals surface area (Å²) in [6.07, 6.45) is -7.34. The Morgan fingerprint density at radius 1 is 1.27 bits per heavy atom. The monoisotopic (exact) mass is 388 g/mol. The molecule has 0 aromatic heterocycles. The third-order valence-corrected chi connectivity index (χ3v) is 4.27. The highest BCUT2D eigenvalue weighted by Gasteiger charge is 2.65. The summed E-state index contributed by atoms with van der Waals surface area (Å²) in [5.74, 6) is -8.75. The van der Waals surface area contributed by atoms with Gasteiger partial charge in [-0.3, -0.25) is 4.79 Å². The first-order chi connectivity index (χ1) is 12.0. The van der Waals surface area contributed by atoms with Crippen molar-refractivity contribution in [1.29, 1.82) is 0 Å². The third-order valence-electron chi connectivity index (χ3n) is 4.27. The molecular weight excluding hydrogens is 362 g/mol. The van der Waals surface area contributed by atoms with Gasteiger partial charge in [0.05, 0.1) is 13.2 Å². The van der Waals surface area contributed by atoms with Crippen LogP contribution in [0.4, 0.5) is 8.78 Å². The SMILES string of the molecule is N[C@@H](CCCCNCC(F)(F)[C@]1(O)O[C@H](CO)[C@H](O)[C@H](O)[C@H]1O)C(=O)O. The van der Waals surface area contributed by atoms with Crippen LogP contribution in [-0.4, -0.2) is 98.5 Å². The molecule has 0 bridgehead atoms. The number of carboxylic acid groups (broad SMARTS) is 1. The molecule has 12 heteroatoms. The Kier molecular flexibility index (Phi) is 8.23. The second-order valence-corrected chi connectivity index (χ2v) is 6.28. The molecule has 0 saturated carbocycles. The number of nitrogens with two attached hydrogens (primary N) is 1. The number of unbranched alkanes of at least 4 members (excludes halogenated alkanes) is 1. The molecule has 0 amide bonds. The van der Waals surface area contributed by atoms with E-state index in [-0.39, 0.29) is 13.0 Å². The van der Waals surface area contributed by atoms with Crippen molar-refractivity contribution in [1.82, 2.24) is 5.32 Å². The molecule has 1 aliphatic heterocycles. The maximum absolute atomic E-state index is 14.3. The van der Waals surface area contributed by atoms with Gasteiger partial charge in [0.15, 0.2) is 0 Å². The van der Waals surface area contributed by atoms with E-state index in [1.165, 1.54) is 0 Å². The lowest BCUT2D eigenvalue weighted by Gasteiger charge is -2.48. The molecule has 1 rings (SSSR count). The van der Waals surface area contributed by atoms with Crippen LogP contribution < -0.4 is 11.1 Å². The van der Waals surface area contributed by atoms with Gasteiger partial charge in [0.25, 0.3) is 5.79 Å². The lowest BCUT2D eigenvalue weighted by Crippen LogP contribution is -2.72. The minimum Gasteiger partial charge on any atom is -0.480 e. The van der Waals surface area contributed by atoms with E-state index in [1.807, 2.05) is 0 Å². The van der Waals surface area contributed by atoms with Gasteiger partial charge in [-0.05, 0) is 19.4 Å². The maximum atomic E-state index is 14.3. The molecule has 0 aliphatic carbocycles. The van der Waals surface area contributed by atoms with Gasteiger partial charge in [-0.25, -0.2) is 0 Å². The van der Waals surface area contributed by atoms with Crippen LogP contribution in [-0.2, 0) is 9.53 Å². The molecule has 0 aromatic carbocycles. The molecular formula is C14H26F2N2O8. The number of halogens is 2. The van der Waals surface area contributed by atoms with Gasteiger partial charge >= 0.3 is 11.9 Å². The van der Waals surface area contributed by atoms with Crippen LogP contribution in [0.1, 0.15) is 19.3 Å². The summed E-state index contributed by atoms with van der Waals surface area (Å²) in [5.41, 5.74) is 5.30. The van der Waals surface area contributed by atoms with Crippen LogP contribution in [0.15, 0.2) is 0 Å². The summed E-state index contributed by atoms with van der Waals surface area (Å²) in [6.45, 7) is -2.05. The van der Waals surface area contributed by atoms with Crippen molar-refractivity contribution in [3.8, 4) is 0 Å². The molecule has 0 spiro atoms. The molecule has 1 fully saturated rings. The van der Waals surface area contributed by atoms with E-state index in [0.717, 1.165) is 0 Å². The van der Waals surface area contributed by atoms with Gasteiger partial charge < -0.3 is 46.4 Å². The highest BCUT2D eigenvalue weighted by molar-refractivity contribution is 5.72. The fourth-order valence-electron chi connectivity index (χ4n) is 2.57. The van der Waals surface area contributed by atoms with E-state index in [2.05, 4.69) is 10.1 Å². The third kappa shape index (κ3) is 5.04. The number of hydrogen-bond acceptors (Lipinski definition) is 9. The average molecular weight is 388 g/mol. The predicted octanol–water partition coefficient (Wildman–Crippen LogP) is -3.04. The molecule has 10 nitrogen and oxygen atoms in total. The van der Waals surface area contributed by atoms with Gasteiger partial charge in [-0.1, -0.05) is 6.42 Å².